The first kappa shape index (κ1) is 9.94. The van der Waals surface area contributed by atoms with E-state index >= 15 is 0 Å². The summed E-state index contributed by atoms with van der Waals surface area (Å²) in [4.78, 5) is 21.5. The molecular weight excluding hydrogens is 180 g/mol. The van der Waals surface area contributed by atoms with Gasteiger partial charge in [0.1, 0.15) is 32.5 Å². The van der Waals surface area contributed by atoms with E-state index in [1.807, 2.05) is 0 Å². The Morgan fingerprint density at radius 1 is 1.08 bits per heavy atom. The van der Waals surface area contributed by atoms with Crippen LogP contribution in [0.15, 0.2) is 0 Å². The summed E-state index contributed by atoms with van der Waals surface area (Å²) in [6.07, 6.45) is -0.967. The van der Waals surface area contributed by atoms with E-state index in [4.69, 9.17) is 5.11 Å². The standard InChI is InChI=1S/C7H10O6/c8-5-1-12-6(9)3-11-4-7(10)13-2-5/h5,8H,1-4H2. The summed E-state index contributed by atoms with van der Waals surface area (Å²) in [6, 6.07) is 0. The highest BCUT2D eigenvalue weighted by atomic mass is 16.6. The van der Waals surface area contributed by atoms with Gasteiger partial charge in [0.05, 0.1) is 0 Å². The van der Waals surface area contributed by atoms with Crippen molar-refractivity contribution in [2.45, 2.75) is 6.10 Å². The maximum absolute atomic E-state index is 10.7. The monoisotopic (exact) mass is 190 g/mol. The van der Waals surface area contributed by atoms with Gasteiger partial charge in [0.25, 0.3) is 0 Å². The van der Waals surface area contributed by atoms with E-state index in [1.165, 1.54) is 0 Å². The van der Waals surface area contributed by atoms with E-state index in [0.29, 0.717) is 0 Å². The second-order valence-electron chi connectivity index (χ2n) is 2.51. The average molecular weight is 190 g/mol. The molecule has 1 rings (SSSR count). The van der Waals surface area contributed by atoms with Gasteiger partial charge in [-0.05, 0) is 0 Å². The van der Waals surface area contributed by atoms with Crippen LogP contribution in [0.25, 0.3) is 0 Å². The molecule has 1 heterocycles. The minimum Gasteiger partial charge on any atom is -0.461 e. The van der Waals surface area contributed by atoms with Gasteiger partial charge in [-0.2, -0.15) is 0 Å². The predicted octanol–water partition coefficient (Wildman–Crippen LogP) is -1.54. The molecule has 1 aliphatic heterocycles. The van der Waals surface area contributed by atoms with Crippen molar-refractivity contribution in [3.8, 4) is 0 Å². The van der Waals surface area contributed by atoms with Gasteiger partial charge in [-0.15, -0.1) is 0 Å². The van der Waals surface area contributed by atoms with Gasteiger partial charge in [-0.3, -0.25) is 0 Å². The largest absolute Gasteiger partial charge is 0.461 e. The van der Waals surface area contributed by atoms with Crippen LogP contribution in [-0.4, -0.2) is 49.6 Å². The van der Waals surface area contributed by atoms with E-state index in [0.717, 1.165) is 0 Å². The van der Waals surface area contributed by atoms with Crippen LogP contribution in [0, 0.1) is 0 Å². The number of carbonyl (C=O) groups is 2. The summed E-state index contributed by atoms with van der Waals surface area (Å²) >= 11 is 0. The molecule has 0 atom stereocenters. The second-order valence-corrected chi connectivity index (χ2v) is 2.51. The molecule has 0 spiro atoms. The van der Waals surface area contributed by atoms with Crippen molar-refractivity contribution in [2.24, 2.45) is 0 Å². The van der Waals surface area contributed by atoms with Crippen LogP contribution in [-0.2, 0) is 23.8 Å². The Balaban J connectivity index is 2.41. The van der Waals surface area contributed by atoms with E-state index in [2.05, 4.69) is 14.2 Å². The van der Waals surface area contributed by atoms with Crippen LogP contribution < -0.4 is 0 Å². The van der Waals surface area contributed by atoms with Crippen LogP contribution in [0.3, 0.4) is 0 Å². The lowest BCUT2D eigenvalue weighted by Crippen LogP contribution is -2.30. The molecule has 0 aliphatic carbocycles. The highest BCUT2D eigenvalue weighted by Crippen LogP contribution is 1.93. The van der Waals surface area contributed by atoms with Gasteiger partial charge in [0.15, 0.2) is 0 Å². The number of hydrogen-bond acceptors (Lipinski definition) is 6. The van der Waals surface area contributed by atoms with Gasteiger partial charge in [-0.25, -0.2) is 9.59 Å². The number of aliphatic hydroxyl groups excluding tert-OH is 1. The SMILES string of the molecule is O=C1COCC(=O)OCC(O)CO1. The summed E-state index contributed by atoms with van der Waals surface area (Å²) in [6.45, 7) is -0.978. The molecule has 6 nitrogen and oxygen atoms in total. The quantitative estimate of drug-likeness (QED) is 0.466. The van der Waals surface area contributed by atoms with E-state index in [1.54, 1.807) is 0 Å². The topological polar surface area (TPSA) is 82.1 Å². The third-order valence-corrected chi connectivity index (χ3v) is 1.31. The van der Waals surface area contributed by atoms with Crippen molar-refractivity contribution in [3.63, 3.8) is 0 Å². The maximum atomic E-state index is 10.7. The Bertz CT molecular complexity index is 181. The van der Waals surface area contributed by atoms with Crippen LogP contribution in [0.2, 0.25) is 0 Å². The zero-order chi connectivity index (χ0) is 9.68. The van der Waals surface area contributed by atoms with Gasteiger partial charge >= 0.3 is 11.9 Å². The van der Waals surface area contributed by atoms with Crippen molar-refractivity contribution in [2.75, 3.05) is 26.4 Å². The molecule has 0 amide bonds. The Hall–Kier alpha value is -1.14. The second kappa shape index (κ2) is 4.78. The highest BCUT2D eigenvalue weighted by molar-refractivity contribution is 5.73. The Morgan fingerprint density at radius 3 is 2.00 bits per heavy atom. The van der Waals surface area contributed by atoms with Gasteiger partial charge in [0, 0.05) is 0 Å². The first-order valence-electron chi connectivity index (χ1n) is 3.75. The Morgan fingerprint density at radius 2 is 1.54 bits per heavy atom. The lowest BCUT2D eigenvalue weighted by atomic mass is 10.4. The first-order chi connectivity index (χ1) is 6.18. The third kappa shape index (κ3) is 3.86. The molecule has 1 aliphatic rings. The molecule has 0 aromatic heterocycles. The van der Waals surface area contributed by atoms with Crippen LogP contribution in [0.1, 0.15) is 0 Å². The predicted molar refractivity (Wildman–Crippen MR) is 38.7 cm³/mol. The minimum atomic E-state index is -0.967. The molecule has 1 fully saturated rings. The first-order valence-corrected chi connectivity index (χ1v) is 3.75. The van der Waals surface area contributed by atoms with Gasteiger partial charge in [-0.1, -0.05) is 0 Å². The summed E-state index contributed by atoms with van der Waals surface area (Å²) < 4.78 is 13.8. The molecule has 0 aromatic rings. The van der Waals surface area contributed by atoms with E-state index < -0.39 is 18.0 Å². The number of esters is 2. The fourth-order valence-corrected chi connectivity index (χ4v) is 0.727. The zero-order valence-corrected chi connectivity index (χ0v) is 6.89. The van der Waals surface area contributed by atoms with Crippen molar-refractivity contribution < 1.29 is 28.9 Å². The lowest BCUT2D eigenvalue weighted by molar-refractivity contribution is -0.165. The number of aliphatic hydroxyl groups is 1. The number of hydrogen-bond donors (Lipinski definition) is 1. The molecule has 0 saturated carbocycles. The number of rotatable bonds is 0. The van der Waals surface area contributed by atoms with Crippen molar-refractivity contribution in [1.82, 2.24) is 0 Å². The third-order valence-electron chi connectivity index (χ3n) is 1.31. The molecule has 1 saturated heterocycles. The summed E-state index contributed by atoms with van der Waals surface area (Å²) in [7, 11) is 0. The lowest BCUT2D eigenvalue weighted by Gasteiger charge is -2.14. The van der Waals surface area contributed by atoms with Crippen molar-refractivity contribution in [3.05, 3.63) is 0 Å². The summed E-state index contributed by atoms with van der Waals surface area (Å²) in [5, 5.41) is 9.07. The summed E-state index contributed by atoms with van der Waals surface area (Å²) in [5.74, 6) is -1.21. The summed E-state index contributed by atoms with van der Waals surface area (Å²) in [5.41, 5.74) is 0. The molecular formula is C7H10O6. The zero-order valence-electron chi connectivity index (χ0n) is 6.89. The molecule has 6 heteroatoms. The highest BCUT2D eigenvalue weighted by Gasteiger charge is 2.15. The van der Waals surface area contributed by atoms with Crippen LogP contribution >= 0.6 is 0 Å². The minimum absolute atomic E-state index is 0.185. The molecule has 0 bridgehead atoms. The fraction of sp³-hybridized carbons (Fsp3) is 0.714. The normalized spacial score (nSPS) is 21.9. The molecule has 1 N–H and O–H groups in total. The van der Waals surface area contributed by atoms with E-state index in [9.17, 15) is 9.59 Å². The molecule has 74 valence electrons. The van der Waals surface area contributed by atoms with Crippen molar-refractivity contribution in [1.29, 1.82) is 0 Å². The maximum Gasteiger partial charge on any atom is 0.332 e. The average Bonchev–Trinajstić information content (AvgIpc) is 2.10. The Labute approximate surface area is 74.4 Å². The number of cyclic esters (lactones) is 2. The fourth-order valence-electron chi connectivity index (χ4n) is 0.727. The molecule has 0 aromatic carbocycles. The van der Waals surface area contributed by atoms with Gasteiger partial charge in [0.2, 0.25) is 0 Å². The number of ether oxygens (including phenoxy) is 3. The Kier molecular flexibility index (Phi) is 3.66. The smallest absolute Gasteiger partial charge is 0.332 e. The van der Waals surface area contributed by atoms with Crippen LogP contribution in [0.4, 0.5) is 0 Å². The number of carbonyl (C=O) groups excluding carboxylic acids is 2. The van der Waals surface area contributed by atoms with Crippen molar-refractivity contribution >= 4 is 11.9 Å². The molecule has 13 heavy (non-hydrogen) atoms. The van der Waals surface area contributed by atoms with Gasteiger partial charge < -0.3 is 19.3 Å². The molecule has 0 radical (unpaired) electrons. The molecule has 0 unspecified atom stereocenters. The van der Waals surface area contributed by atoms with E-state index in [-0.39, 0.29) is 26.4 Å². The van der Waals surface area contributed by atoms with Crippen LogP contribution in [0.5, 0.6) is 0 Å².